The monoisotopic (exact) mass is 190 g/mol. The lowest BCUT2D eigenvalue weighted by molar-refractivity contribution is -0.0418. The van der Waals surface area contributed by atoms with E-state index in [1.54, 1.807) is 0 Å². The average molecular weight is 190 g/mol. The van der Waals surface area contributed by atoms with Crippen molar-refractivity contribution in [3.8, 4) is 0 Å². The van der Waals surface area contributed by atoms with Crippen LogP contribution in [0.25, 0.3) is 0 Å². The van der Waals surface area contributed by atoms with Crippen molar-refractivity contribution in [2.24, 2.45) is 0 Å². The molecule has 0 radical (unpaired) electrons. The van der Waals surface area contributed by atoms with Crippen molar-refractivity contribution in [1.29, 1.82) is 0 Å². The molecule has 1 rings (SSSR count). The van der Waals surface area contributed by atoms with Crippen LogP contribution in [-0.2, 0) is 4.74 Å². The summed E-state index contributed by atoms with van der Waals surface area (Å²) in [6, 6.07) is 0. The quantitative estimate of drug-likeness (QED) is 0.684. The fraction of sp³-hybridized carbons (Fsp3) is 1.00. The van der Waals surface area contributed by atoms with Gasteiger partial charge in [0.25, 0.3) is 0 Å². The van der Waals surface area contributed by atoms with Gasteiger partial charge in [-0.15, -0.1) is 0 Å². The van der Waals surface area contributed by atoms with Gasteiger partial charge in [-0.2, -0.15) is 11.8 Å². The molecule has 12 heavy (non-hydrogen) atoms. The summed E-state index contributed by atoms with van der Waals surface area (Å²) >= 11 is 1.83. The Morgan fingerprint density at radius 2 is 2.42 bits per heavy atom. The van der Waals surface area contributed by atoms with Crippen molar-refractivity contribution in [2.75, 3.05) is 19.0 Å². The average Bonchev–Trinajstić information content (AvgIpc) is 2.34. The van der Waals surface area contributed by atoms with E-state index < -0.39 is 5.60 Å². The molecule has 0 aromatic heterocycles. The van der Waals surface area contributed by atoms with Crippen molar-refractivity contribution < 1.29 is 9.84 Å². The molecule has 0 saturated carbocycles. The second-order valence-corrected chi connectivity index (χ2v) is 4.87. The molecule has 1 N–H and O–H groups in total. The number of ether oxygens (including phenoxy) is 1. The molecule has 1 fully saturated rings. The van der Waals surface area contributed by atoms with E-state index in [-0.39, 0.29) is 0 Å². The van der Waals surface area contributed by atoms with Gasteiger partial charge < -0.3 is 9.84 Å². The Labute approximate surface area is 78.7 Å². The van der Waals surface area contributed by atoms with Crippen molar-refractivity contribution >= 4 is 11.8 Å². The Kier molecular flexibility index (Phi) is 3.87. The van der Waals surface area contributed by atoms with Crippen LogP contribution in [0, 0.1) is 0 Å². The molecule has 0 aromatic carbocycles. The van der Waals surface area contributed by atoms with E-state index in [4.69, 9.17) is 4.74 Å². The molecule has 72 valence electrons. The lowest BCUT2D eigenvalue weighted by Crippen LogP contribution is -2.39. The van der Waals surface area contributed by atoms with E-state index in [1.807, 2.05) is 11.8 Å². The van der Waals surface area contributed by atoms with Crippen LogP contribution in [0.5, 0.6) is 0 Å². The molecule has 0 aromatic rings. The smallest absolute Gasteiger partial charge is 0.100 e. The van der Waals surface area contributed by atoms with Gasteiger partial charge in [-0.25, -0.2) is 0 Å². The van der Waals surface area contributed by atoms with E-state index in [1.165, 1.54) is 0 Å². The largest absolute Gasteiger partial charge is 0.386 e. The van der Waals surface area contributed by atoms with E-state index in [2.05, 4.69) is 13.8 Å². The molecule has 1 aliphatic rings. The molecular formula is C9H18O2S. The SMILES string of the molecule is CCCOCC1(O)CCSC1C. The highest BCUT2D eigenvalue weighted by Crippen LogP contribution is 2.35. The number of hydrogen-bond acceptors (Lipinski definition) is 3. The molecule has 2 unspecified atom stereocenters. The van der Waals surface area contributed by atoms with Crippen molar-refractivity contribution in [1.82, 2.24) is 0 Å². The molecule has 0 amide bonds. The summed E-state index contributed by atoms with van der Waals surface area (Å²) in [5.41, 5.74) is -0.556. The summed E-state index contributed by atoms with van der Waals surface area (Å²) in [5.74, 6) is 1.06. The topological polar surface area (TPSA) is 29.5 Å². The number of aliphatic hydroxyl groups is 1. The van der Waals surface area contributed by atoms with Gasteiger partial charge in [0.15, 0.2) is 0 Å². The molecule has 0 spiro atoms. The zero-order chi connectivity index (χ0) is 9.03. The Bertz CT molecular complexity index is 140. The zero-order valence-electron chi connectivity index (χ0n) is 7.88. The van der Waals surface area contributed by atoms with Crippen LogP contribution in [0.15, 0.2) is 0 Å². The van der Waals surface area contributed by atoms with Crippen LogP contribution in [0.2, 0.25) is 0 Å². The minimum absolute atomic E-state index is 0.328. The fourth-order valence-corrected chi connectivity index (χ4v) is 2.67. The Morgan fingerprint density at radius 1 is 1.67 bits per heavy atom. The summed E-state index contributed by atoms with van der Waals surface area (Å²) in [6.45, 7) is 5.43. The lowest BCUT2D eigenvalue weighted by atomic mass is 9.99. The summed E-state index contributed by atoms with van der Waals surface area (Å²) in [6.07, 6.45) is 1.90. The van der Waals surface area contributed by atoms with Gasteiger partial charge in [0.2, 0.25) is 0 Å². The standard InChI is InChI=1S/C9H18O2S/c1-3-5-11-7-9(10)4-6-12-8(9)2/h8,10H,3-7H2,1-2H3. The molecular weight excluding hydrogens is 172 g/mol. The number of hydrogen-bond donors (Lipinski definition) is 1. The minimum Gasteiger partial charge on any atom is -0.386 e. The van der Waals surface area contributed by atoms with Crippen LogP contribution in [0.3, 0.4) is 0 Å². The van der Waals surface area contributed by atoms with E-state index >= 15 is 0 Å². The predicted octanol–water partition coefficient (Wildman–Crippen LogP) is 1.67. The summed E-state index contributed by atoms with van der Waals surface area (Å²) < 4.78 is 5.38. The highest BCUT2D eigenvalue weighted by molar-refractivity contribution is 8.00. The maximum absolute atomic E-state index is 10.0. The summed E-state index contributed by atoms with van der Waals surface area (Å²) in [4.78, 5) is 0. The fourth-order valence-electron chi connectivity index (χ4n) is 1.35. The first-order chi connectivity index (χ1) is 5.69. The van der Waals surface area contributed by atoms with Crippen LogP contribution in [0.4, 0.5) is 0 Å². The maximum atomic E-state index is 10.0. The Balaban J connectivity index is 2.27. The first-order valence-corrected chi connectivity index (χ1v) is 5.65. The van der Waals surface area contributed by atoms with Crippen molar-refractivity contribution in [3.63, 3.8) is 0 Å². The Hall–Kier alpha value is 0.270. The minimum atomic E-state index is -0.556. The van der Waals surface area contributed by atoms with Crippen molar-refractivity contribution in [2.45, 2.75) is 37.5 Å². The Morgan fingerprint density at radius 3 is 2.92 bits per heavy atom. The zero-order valence-corrected chi connectivity index (χ0v) is 8.69. The second-order valence-electron chi connectivity index (χ2n) is 3.42. The predicted molar refractivity (Wildman–Crippen MR) is 52.6 cm³/mol. The normalized spacial score (nSPS) is 35.8. The van der Waals surface area contributed by atoms with Gasteiger partial charge in [0.1, 0.15) is 5.60 Å². The van der Waals surface area contributed by atoms with E-state index in [0.29, 0.717) is 11.9 Å². The highest BCUT2D eigenvalue weighted by atomic mass is 32.2. The van der Waals surface area contributed by atoms with Gasteiger partial charge in [-0.1, -0.05) is 13.8 Å². The van der Waals surface area contributed by atoms with Gasteiger partial charge in [-0.05, 0) is 18.6 Å². The van der Waals surface area contributed by atoms with Crippen molar-refractivity contribution in [3.05, 3.63) is 0 Å². The summed E-state index contributed by atoms with van der Waals surface area (Å²) in [5, 5.41) is 10.4. The third-order valence-corrected chi connectivity index (χ3v) is 3.74. The molecule has 1 aliphatic heterocycles. The van der Waals surface area contributed by atoms with Gasteiger partial charge in [0.05, 0.1) is 6.61 Å². The molecule has 1 saturated heterocycles. The summed E-state index contributed by atoms with van der Waals surface area (Å²) in [7, 11) is 0. The van der Waals surface area contributed by atoms with Gasteiger partial charge in [0, 0.05) is 11.9 Å². The first-order valence-electron chi connectivity index (χ1n) is 4.61. The van der Waals surface area contributed by atoms with E-state index in [0.717, 1.165) is 25.2 Å². The third kappa shape index (κ3) is 2.38. The van der Waals surface area contributed by atoms with Crippen LogP contribution >= 0.6 is 11.8 Å². The lowest BCUT2D eigenvalue weighted by Gasteiger charge is -2.26. The number of thioether (sulfide) groups is 1. The van der Waals surface area contributed by atoms with Gasteiger partial charge in [-0.3, -0.25) is 0 Å². The number of rotatable bonds is 4. The van der Waals surface area contributed by atoms with Gasteiger partial charge >= 0.3 is 0 Å². The second kappa shape index (κ2) is 4.49. The van der Waals surface area contributed by atoms with Crippen LogP contribution in [-0.4, -0.2) is 34.9 Å². The molecule has 0 bridgehead atoms. The molecule has 1 heterocycles. The van der Waals surface area contributed by atoms with Crippen LogP contribution < -0.4 is 0 Å². The highest BCUT2D eigenvalue weighted by Gasteiger charge is 2.38. The molecule has 2 atom stereocenters. The van der Waals surface area contributed by atoms with Crippen LogP contribution in [0.1, 0.15) is 26.7 Å². The first kappa shape index (κ1) is 10.4. The maximum Gasteiger partial charge on any atom is 0.100 e. The molecule has 3 heteroatoms. The third-order valence-electron chi connectivity index (χ3n) is 2.36. The molecule has 2 nitrogen and oxygen atoms in total. The molecule has 0 aliphatic carbocycles. The van der Waals surface area contributed by atoms with E-state index in [9.17, 15) is 5.11 Å².